The maximum absolute atomic E-state index is 12.5. The second kappa shape index (κ2) is 6.04. The molecule has 1 saturated heterocycles. The summed E-state index contributed by atoms with van der Waals surface area (Å²) in [5.41, 5.74) is 6.47. The summed E-state index contributed by atoms with van der Waals surface area (Å²) in [5, 5.41) is 6.64. The Hall–Kier alpha value is -0.960. The van der Waals surface area contributed by atoms with Crippen molar-refractivity contribution in [1.82, 2.24) is 19.8 Å². The second-order valence-corrected chi connectivity index (χ2v) is 7.97. The maximum Gasteiger partial charge on any atom is 0.244 e. The van der Waals surface area contributed by atoms with Gasteiger partial charge in [0.15, 0.2) is 0 Å². The molecule has 0 aliphatic carbocycles. The molecule has 0 amide bonds. The van der Waals surface area contributed by atoms with Crippen LogP contribution in [-0.4, -0.2) is 50.2 Å². The Morgan fingerprint density at radius 2 is 2.05 bits per heavy atom. The van der Waals surface area contributed by atoms with E-state index in [4.69, 9.17) is 5.73 Å². The first-order valence-corrected chi connectivity index (χ1v) is 8.68. The van der Waals surface area contributed by atoms with E-state index >= 15 is 0 Å². The second-order valence-electron chi connectivity index (χ2n) is 6.27. The van der Waals surface area contributed by atoms with Crippen LogP contribution in [0.25, 0.3) is 0 Å². The van der Waals surface area contributed by atoms with E-state index in [1.807, 2.05) is 0 Å². The van der Waals surface area contributed by atoms with Crippen molar-refractivity contribution in [2.75, 3.05) is 26.7 Å². The quantitative estimate of drug-likeness (QED) is 0.719. The number of hydrogen-bond acceptors (Lipinski definition) is 5. The van der Waals surface area contributed by atoms with Crippen molar-refractivity contribution >= 4 is 10.0 Å². The smallest absolute Gasteiger partial charge is 0.244 e. The summed E-state index contributed by atoms with van der Waals surface area (Å²) in [4.78, 5) is 2.46. The summed E-state index contributed by atoms with van der Waals surface area (Å²) in [6, 6.07) is 0. The van der Waals surface area contributed by atoms with Gasteiger partial charge in [-0.1, -0.05) is 6.92 Å². The third kappa shape index (κ3) is 3.63. The normalized spacial score (nSPS) is 19.8. The molecule has 0 saturated carbocycles. The van der Waals surface area contributed by atoms with Crippen LogP contribution in [0.1, 0.15) is 31.2 Å². The molecule has 120 valence electrons. The van der Waals surface area contributed by atoms with Crippen molar-refractivity contribution in [1.29, 1.82) is 0 Å². The minimum Gasteiger partial charge on any atom is -0.325 e. The number of rotatable bonds is 5. The average molecular weight is 315 g/mol. The van der Waals surface area contributed by atoms with E-state index in [1.165, 1.54) is 0 Å². The van der Waals surface area contributed by atoms with Gasteiger partial charge in [-0.3, -0.25) is 5.10 Å². The van der Waals surface area contributed by atoms with Crippen molar-refractivity contribution < 1.29 is 8.42 Å². The summed E-state index contributed by atoms with van der Waals surface area (Å²) in [5.74, 6) is 0. The molecular formula is C13H25N5O2S. The van der Waals surface area contributed by atoms with E-state index in [0.717, 1.165) is 25.9 Å². The molecular weight excluding hydrogens is 290 g/mol. The van der Waals surface area contributed by atoms with Crippen LogP contribution in [0.5, 0.6) is 0 Å². The van der Waals surface area contributed by atoms with Crippen molar-refractivity contribution in [3.8, 4) is 0 Å². The van der Waals surface area contributed by atoms with Gasteiger partial charge >= 0.3 is 0 Å². The minimum atomic E-state index is -3.58. The van der Waals surface area contributed by atoms with Crippen molar-refractivity contribution in [2.24, 2.45) is 11.1 Å². The zero-order chi connectivity index (χ0) is 15.7. The first-order valence-electron chi connectivity index (χ1n) is 7.19. The van der Waals surface area contributed by atoms with Gasteiger partial charge in [-0.05, 0) is 45.3 Å². The van der Waals surface area contributed by atoms with Gasteiger partial charge in [-0.2, -0.15) is 5.10 Å². The van der Waals surface area contributed by atoms with Crippen molar-refractivity contribution in [3.63, 3.8) is 0 Å². The van der Waals surface area contributed by atoms with Crippen LogP contribution in [0, 0.1) is 12.3 Å². The van der Waals surface area contributed by atoms with E-state index < -0.39 is 10.0 Å². The van der Waals surface area contributed by atoms with Crippen LogP contribution >= 0.6 is 0 Å². The van der Waals surface area contributed by atoms with Gasteiger partial charge in [0.1, 0.15) is 4.90 Å². The molecule has 21 heavy (non-hydrogen) atoms. The lowest BCUT2D eigenvalue weighted by Crippen LogP contribution is -2.43. The van der Waals surface area contributed by atoms with Gasteiger partial charge in [0.25, 0.3) is 0 Å². The molecule has 0 unspecified atom stereocenters. The highest BCUT2D eigenvalue weighted by Crippen LogP contribution is 2.30. The Morgan fingerprint density at radius 3 is 2.62 bits per heavy atom. The summed E-state index contributed by atoms with van der Waals surface area (Å²) < 4.78 is 27.8. The number of likely N-dealkylation sites (tertiary alicyclic amines) is 1. The number of nitrogens with zero attached hydrogens (tertiary/aromatic N) is 2. The fourth-order valence-corrected chi connectivity index (χ4v) is 4.21. The fourth-order valence-electron chi connectivity index (χ4n) is 2.64. The summed E-state index contributed by atoms with van der Waals surface area (Å²) >= 11 is 0. The molecule has 0 aromatic carbocycles. The molecule has 2 heterocycles. The van der Waals surface area contributed by atoms with Crippen LogP contribution in [0.3, 0.4) is 0 Å². The van der Waals surface area contributed by atoms with Gasteiger partial charge in [0, 0.05) is 13.1 Å². The Morgan fingerprint density at radius 1 is 1.43 bits per heavy atom. The molecule has 0 radical (unpaired) electrons. The topological polar surface area (TPSA) is 104 Å². The minimum absolute atomic E-state index is 0.0000977. The molecule has 1 aromatic rings. The Balaban J connectivity index is 2.10. The molecule has 1 aromatic heterocycles. The summed E-state index contributed by atoms with van der Waals surface area (Å²) in [6.07, 6.45) is 1.97. The predicted molar refractivity (Wildman–Crippen MR) is 81.2 cm³/mol. The molecule has 1 fully saturated rings. The van der Waals surface area contributed by atoms with E-state index in [2.05, 4.69) is 33.8 Å². The number of aromatic nitrogens is 2. The lowest BCUT2D eigenvalue weighted by molar-refractivity contribution is 0.143. The first kappa shape index (κ1) is 16.4. The molecule has 2 rings (SSSR count). The predicted octanol–water partition coefficient (Wildman–Crippen LogP) is 0.187. The van der Waals surface area contributed by atoms with Gasteiger partial charge in [0.2, 0.25) is 10.0 Å². The molecule has 8 heteroatoms. The fraction of sp³-hybridized carbons (Fsp3) is 0.769. The zero-order valence-corrected chi connectivity index (χ0v) is 13.8. The van der Waals surface area contributed by atoms with Gasteiger partial charge in [0.05, 0.1) is 11.4 Å². The molecule has 0 bridgehead atoms. The number of nitrogens with one attached hydrogen (secondary N) is 2. The number of aryl methyl sites for hydroxylation is 1. The highest BCUT2D eigenvalue weighted by Gasteiger charge is 2.32. The van der Waals surface area contributed by atoms with Crippen LogP contribution in [0.2, 0.25) is 0 Å². The monoisotopic (exact) mass is 315 g/mol. The van der Waals surface area contributed by atoms with E-state index in [1.54, 1.807) is 6.92 Å². The number of nitrogens with two attached hydrogens (primary N) is 1. The van der Waals surface area contributed by atoms with Crippen LogP contribution in [-0.2, 0) is 16.6 Å². The Kier molecular flexibility index (Phi) is 4.72. The SMILES string of the molecule is Cc1[nH]nc(CN)c1S(=O)(=O)NCC1(C)CCN(C)CC1. The number of aromatic amines is 1. The number of hydrogen-bond donors (Lipinski definition) is 3. The Labute approximate surface area is 126 Å². The molecule has 1 aliphatic heterocycles. The van der Waals surface area contributed by atoms with Crippen LogP contribution in [0.15, 0.2) is 4.90 Å². The lowest BCUT2D eigenvalue weighted by atomic mass is 9.81. The van der Waals surface area contributed by atoms with Crippen LogP contribution in [0.4, 0.5) is 0 Å². The number of H-pyrrole nitrogens is 1. The van der Waals surface area contributed by atoms with E-state index in [9.17, 15) is 8.42 Å². The molecule has 0 atom stereocenters. The average Bonchev–Trinajstić information content (AvgIpc) is 2.82. The van der Waals surface area contributed by atoms with Crippen molar-refractivity contribution in [2.45, 2.75) is 38.1 Å². The third-order valence-corrected chi connectivity index (χ3v) is 5.91. The number of sulfonamides is 1. The van der Waals surface area contributed by atoms with Gasteiger partial charge < -0.3 is 10.6 Å². The molecule has 4 N–H and O–H groups in total. The van der Waals surface area contributed by atoms with Gasteiger partial charge in [-0.25, -0.2) is 13.1 Å². The molecule has 1 aliphatic rings. The summed E-state index contributed by atoms with van der Waals surface area (Å²) in [6.45, 7) is 6.36. The van der Waals surface area contributed by atoms with Gasteiger partial charge in [-0.15, -0.1) is 0 Å². The Bertz CT molecular complexity index is 588. The molecule has 7 nitrogen and oxygen atoms in total. The highest BCUT2D eigenvalue weighted by molar-refractivity contribution is 7.89. The van der Waals surface area contributed by atoms with Crippen molar-refractivity contribution in [3.05, 3.63) is 11.4 Å². The van der Waals surface area contributed by atoms with E-state index in [-0.39, 0.29) is 16.9 Å². The molecule has 0 spiro atoms. The largest absolute Gasteiger partial charge is 0.325 e. The van der Waals surface area contributed by atoms with Crippen LogP contribution < -0.4 is 10.5 Å². The van der Waals surface area contributed by atoms with E-state index in [0.29, 0.717) is 17.9 Å². The lowest BCUT2D eigenvalue weighted by Gasteiger charge is -2.37. The zero-order valence-electron chi connectivity index (χ0n) is 12.9. The third-order valence-electron chi connectivity index (χ3n) is 4.31. The summed E-state index contributed by atoms with van der Waals surface area (Å²) in [7, 11) is -1.49. The maximum atomic E-state index is 12.5. The first-order chi connectivity index (χ1) is 9.77. The number of piperidine rings is 1. The standard InChI is InChI=1S/C13H25N5O2S/c1-10-12(11(8-14)17-16-10)21(19,20)15-9-13(2)4-6-18(3)7-5-13/h15H,4-9,14H2,1-3H3,(H,16,17). The highest BCUT2D eigenvalue weighted by atomic mass is 32.2.